The van der Waals surface area contributed by atoms with Crippen LogP contribution in [0, 0.1) is 0 Å². The SMILES string of the molecule is O=C(O)CCCN1COc2ccccc2C1=O. The van der Waals surface area contributed by atoms with Gasteiger partial charge >= 0.3 is 5.97 Å². The molecule has 0 aliphatic carbocycles. The van der Waals surface area contributed by atoms with Crippen LogP contribution < -0.4 is 4.74 Å². The number of aliphatic carboxylic acids is 1. The molecule has 0 fully saturated rings. The molecule has 0 bridgehead atoms. The maximum atomic E-state index is 12.0. The Bertz CT molecular complexity index is 444. The third kappa shape index (κ3) is 2.55. The molecule has 1 N–H and O–H groups in total. The highest BCUT2D eigenvalue weighted by Crippen LogP contribution is 2.24. The van der Waals surface area contributed by atoms with E-state index in [-0.39, 0.29) is 19.1 Å². The molecule has 90 valence electrons. The van der Waals surface area contributed by atoms with Crippen molar-refractivity contribution in [2.45, 2.75) is 12.8 Å². The molecular formula is C12H13NO4. The van der Waals surface area contributed by atoms with Crippen molar-refractivity contribution in [1.82, 2.24) is 4.90 Å². The van der Waals surface area contributed by atoms with E-state index in [1.165, 1.54) is 4.90 Å². The van der Waals surface area contributed by atoms with Gasteiger partial charge in [0.1, 0.15) is 5.75 Å². The quantitative estimate of drug-likeness (QED) is 0.855. The van der Waals surface area contributed by atoms with E-state index in [0.29, 0.717) is 24.3 Å². The van der Waals surface area contributed by atoms with Gasteiger partial charge in [-0.1, -0.05) is 12.1 Å². The number of ether oxygens (including phenoxy) is 1. The van der Waals surface area contributed by atoms with Crippen LogP contribution in [0.5, 0.6) is 5.75 Å². The predicted octanol–water partition coefficient (Wildman–Crippen LogP) is 1.34. The summed E-state index contributed by atoms with van der Waals surface area (Å²) in [7, 11) is 0. The standard InChI is InChI=1S/C12H13NO4/c14-11(15)6-3-7-13-8-17-10-5-2-1-4-9(10)12(13)16/h1-2,4-5H,3,6-8H2,(H,14,15). The van der Waals surface area contributed by atoms with Gasteiger partial charge in [0, 0.05) is 13.0 Å². The topological polar surface area (TPSA) is 66.8 Å². The summed E-state index contributed by atoms with van der Waals surface area (Å²) >= 11 is 0. The van der Waals surface area contributed by atoms with E-state index in [2.05, 4.69) is 0 Å². The number of para-hydroxylation sites is 1. The smallest absolute Gasteiger partial charge is 0.303 e. The van der Waals surface area contributed by atoms with Gasteiger partial charge in [0.05, 0.1) is 5.56 Å². The number of hydrogen-bond acceptors (Lipinski definition) is 3. The molecule has 1 amide bonds. The van der Waals surface area contributed by atoms with E-state index in [1.807, 2.05) is 6.07 Å². The van der Waals surface area contributed by atoms with E-state index in [4.69, 9.17) is 9.84 Å². The molecule has 0 saturated heterocycles. The summed E-state index contributed by atoms with van der Waals surface area (Å²) < 4.78 is 5.42. The highest BCUT2D eigenvalue weighted by Gasteiger charge is 2.24. The normalized spacial score (nSPS) is 14.1. The monoisotopic (exact) mass is 235 g/mol. The minimum absolute atomic E-state index is 0.0609. The molecule has 0 aromatic heterocycles. The van der Waals surface area contributed by atoms with E-state index >= 15 is 0 Å². The van der Waals surface area contributed by atoms with Crippen molar-refractivity contribution in [3.63, 3.8) is 0 Å². The molecule has 1 aliphatic rings. The number of benzene rings is 1. The van der Waals surface area contributed by atoms with Gasteiger partial charge in [-0.15, -0.1) is 0 Å². The first-order chi connectivity index (χ1) is 8.18. The van der Waals surface area contributed by atoms with Gasteiger partial charge in [-0.25, -0.2) is 0 Å². The molecule has 1 heterocycles. The van der Waals surface area contributed by atoms with Crippen LogP contribution in [-0.2, 0) is 4.79 Å². The van der Waals surface area contributed by atoms with Crippen LogP contribution in [-0.4, -0.2) is 35.2 Å². The lowest BCUT2D eigenvalue weighted by molar-refractivity contribution is -0.137. The Morgan fingerprint density at radius 3 is 2.94 bits per heavy atom. The summed E-state index contributed by atoms with van der Waals surface area (Å²) in [5.74, 6) is -0.361. The van der Waals surface area contributed by atoms with Gasteiger partial charge in [-0.05, 0) is 18.6 Å². The van der Waals surface area contributed by atoms with E-state index < -0.39 is 5.97 Å². The average Bonchev–Trinajstić information content (AvgIpc) is 2.32. The number of hydrogen-bond donors (Lipinski definition) is 1. The third-order valence-electron chi connectivity index (χ3n) is 2.60. The van der Waals surface area contributed by atoms with Crippen LogP contribution in [0.4, 0.5) is 0 Å². The molecule has 1 aromatic rings. The minimum atomic E-state index is -0.851. The first kappa shape index (κ1) is 11.4. The van der Waals surface area contributed by atoms with Crippen molar-refractivity contribution < 1.29 is 19.4 Å². The lowest BCUT2D eigenvalue weighted by Gasteiger charge is -2.28. The first-order valence-corrected chi connectivity index (χ1v) is 5.41. The predicted molar refractivity (Wildman–Crippen MR) is 59.8 cm³/mol. The second kappa shape index (κ2) is 4.86. The number of nitrogens with zero attached hydrogens (tertiary/aromatic N) is 1. The number of fused-ring (bicyclic) bond motifs is 1. The van der Waals surface area contributed by atoms with Gasteiger partial charge in [-0.2, -0.15) is 0 Å². The third-order valence-corrected chi connectivity index (χ3v) is 2.60. The van der Waals surface area contributed by atoms with Gasteiger partial charge in [-0.3, -0.25) is 9.59 Å². The summed E-state index contributed by atoms with van der Waals surface area (Å²) in [5, 5.41) is 8.53. The number of carboxylic acid groups (broad SMARTS) is 1. The van der Waals surface area contributed by atoms with Crippen molar-refractivity contribution in [1.29, 1.82) is 0 Å². The molecule has 0 radical (unpaired) electrons. The van der Waals surface area contributed by atoms with E-state index in [9.17, 15) is 9.59 Å². The Balaban J connectivity index is 2.00. The van der Waals surface area contributed by atoms with Gasteiger partial charge in [0.2, 0.25) is 0 Å². The van der Waals surface area contributed by atoms with Crippen LogP contribution in [0.3, 0.4) is 0 Å². The number of rotatable bonds is 4. The molecule has 0 saturated carbocycles. The van der Waals surface area contributed by atoms with Crippen LogP contribution in [0.2, 0.25) is 0 Å². The van der Waals surface area contributed by atoms with Crippen molar-refractivity contribution in [2.75, 3.05) is 13.3 Å². The molecule has 0 atom stereocenters. The zero-order valence-electron chi connectivity index (χ0n) is 9.26. The van der Waals surface area contributed by atoms with Crippen molar-refractivity contribution in [3.8, 4) is 5.75 Å². The fourth-order valence-electron chi connectivity index (χ4n) is 1.73. The van der Waals surface area contributed by atoms with E-state index in [1.54, 1.807) is 18.2 Å². The molecule has 1 aliphatic heterocycles. The summed E-state index contributed by atoms with van der Waals surface area (Å²) in [5.41, 5.74) is 0.536. The van der Waals surface area contributed by atoms with Crippen LogP contribution in [0.15, 0.2) is 24.3 Å². The minimum Gasteiger partial charge on any atom is -0.481 e. The number of amides is 1. The zero-order chi connectivity index (χ0) is 12.3. The van der Waals surface area contributed by atoms with Crippen LogP contribution in [0.25, 0.3) is 0 Å². The van der Waals surface area contributed by atoms with Crippen molar-refractivity contribution >= 4 is 11.9 Å². The number of carbonyl (C=O) groups excluding carboxylic acids is 1. The van der Waals surface area contributed by atoms with Crippen LogP contribution in [0.1, 0.15) is 23.2 Å². The molecular weight excluding hydrogens is 222 g/mol. The lowest BCUT2D eigenvalue weighted by Crippen LogP contribution is -2.39. The molecule has 5 heteroatoms. The fraction of sp³-hybridized carbons (Fsp3) is 0.333. The fourth-order valence-corrected chi connectivity index (χ4v) is 1.73. The molecule has 2 rings (SSSR count). The highest BCUT2D eigenvalue weighted by atomic mass is 16.5. The Morgan fingerprint density at radius 2 is 2.18 bits per heavy atom. The largest absolute Gasteiger partial charge is 0.481 e. The summed E-state index contributed by atoms with van der Waals surface area (Å²) in [6, 6.07) is 7.05. The molecule has 0 spiro atoms. The second-order valence-electron chi connectivity index (χ2n) is 3.84. The maximum absolute atomic E-state index is 12.0. The molecule has 0 unspecified atom stereocenters. The second-order valence-corrected chi connectivity index (χ2v) is 3.84. The summed E-state index contributed by atoms with van der Waals surface area (Å²) in [6.07, 6.45) is 0.498. The Morgan fingerprint density at radius 1 is 1.41 bits per heavy atom. The van der Waals surface area contributed by atoms with E-state index in [0.717, 1.165) is 0 Å². The lowest BCUT2D eigenvalue weighted by atomic mass is 10.1. The average molecular weight is 235 g/mol. The van der Waals surface area contributed by atoms with Gasteiger partial charge < -0.3 is 14.7 Å². The maximum Gasteiger partial charge on any atom is 0.303 e. The van der Waals surface area contributed by atoms with Gasteiger partial charge in [0.15, 0.2) is 6.73 Å². The molecule has 17 heavy (non-hydrogen) atoms. The zero-order valence-corrected chi connectivity index (χ0v) is 9.26. The summed E-state index contributed by atoms with van der Waals surface area (Å²) in [4.78, 5) is 23.9. The van der Waals surface area contributed by atoms with Crippen molar-refractivity contribution in [2.24, 2.45) is 0 Å². The molecule has 1 aromatic carbocycles. The number of carboxylic acids is 1. The summed E-state index contributed by atoms with van der Waals surface area (Å²) in [6.45, 7) is 0.592. The highest BCUT2D eigenvalue weighted by molar-refractivity contribution is 5.97. The number of carbonyl (C=O) groups is 2. The molecule has 5 nitrogen and oxygen atoms in total. The van der Waals surface area contributed by atoms with Crippen LogP contribution >= 0.6 is 0 Å². The Kier molecular flexibility index (Phi) is 3.27. The van der Waals surface area contributed by atoms with Gasteiger partial charge in [0.25, 0.3) is 5.91 Å². The Labute approximate surface area is 98.6 Å². The Hall–Kier alpha value is -2.04. The van der Waals surface area contributed by atoms with Crippen molar-refractivity contribution in [3.05, 3.63) is 29.8 Å². The first-order valence-electron chi connectivity index (χ1n) is 5.41.